The molecule has 1 aliphatic heterocycles. The second-order valence-corrected chi connectivity index (χ2v) is 6.77. The van der Waals surface area contributed by atoms with Crippen LogP contribution >= 0.6 is 0 Å². The van der Waals surface area contributed by atoms with Gasteiger partial charge in [-0.3, -0.25) is 29.3 Å². The lowest BCUT2D eigenvalue weighted by Gasteiger charge is -2.42. The zero-order chi connectivity index (χ0) is 24.0. The number of alkyl halides is 1. The molecule has 0 unspecified atom stereocenters. The molecule has 5 atom stereocenters. The van der Waals surface area contributed by atoms with Crippen LogP contribution in [0.15, 0.2) is 24.3 Å². The standard InChI is InChI=1S/C19H21FN2O10/c1-9(23)29-8-14-16(30-10(2)24)17(31-11(3)25)15(20)19(32-14)21-18(26)12-4-6-13(7-5-12)22(27)28/h4-7,14-17,19H,8H2,1-3H3,(H,21,26)/t14-,15+,16-,17-,19-/m1/s1. The number of rotatable bonds is 7. The summed E-state index contributed by atoms with van der Waals surface area (Å²) in [4.78, 5) is 56.8. The Kier molecular flexibility index (Phi) is 8.18. The summed E-state index contributed by atoms with van der Waals surface area (Å²) in [5, 5.41) is 13.0. The summed E-state index contributed by atoms with van der Waals surface area (Å²) in [5.74, 6) is -3.26. The number of amides is 1. The number of carbonyl (C=O) groups excluding carboxylic acids is 4. The maximum absolute atomic E-state index is 15.2. The highest BCUT2D eigenvalue weighted by atomic mass is 19.1. The van der Waals surface area contributed by atoms with Gasteiger partial charge in [-0.15, -0.1) is 0 Å². The average molecular weight is 456 g/mol. The molecule has 0 radical (unpaired) electrons. The number of hydrogen-bond acceptors (Lipinski definition) is 10. The smallest absolute Gasteiger partial charge is 0.303 e. The van der Waals surface area contributed by atoms with Crippen molar-refractivity contribution in [3.8, 4) is 0 Å². The van der Waals surface area contributed by atoms with Crippen LogP contribution in [0.1, 0.15) is 31.1 Å². The minimum absolute atomic E-state index is 0.0333. The summed E-state index contributed by atoms with van der Waals surface area (Å²) in [6.45, 7) is 2.68. The van der Waals surface area contributed by atoms with Gasteiger partial charge in [-0.25, -0.2) is 4.39 Å². The van der Waals surface area contributed by atoms with E-state index in [0.29, 0.717) is 0 Å². The lowest BCUT2D eigenvalue weighted by Crippen LogP contribution is -2.63. The second kappa shape index (κ2) is 10.6. The van der Waals surface area contributed by atoms with Crippen LogP contribution in [0.4, 0.5) is 10.1 Å². The van der Waals surface area contributed by atoms with Crippen molar-refractivity contribution in [1.82, 2.24) is 5.32 Å². The molecule has 0 bridgehead atoms. The molecule has 1 aliphatic rings. The molecule has 0 aliphatic carbocycles. The molecule has 1 amide bonds. The third-order valence-corrected chi connectivity index (χ3v) is 4.28. The largest absolute Gasteiger partial charge is 0.463 e. The topological polar surface area (TPSA) is 160 Å². The van der Waals surface area contributed by atoms with E-state index in [0.717, 1.165) is 45.0 Å². The van der Waals surface area contributed by atoms with Crippen molar-refractivity contribution in [2.24, 2.45) is 0 Å². The molecule has 1 heterocycles. The minimum atomic E-state index is -2.17. The van der Waals surface area contributed by atoms with Gasteiger partial charge in [0.15, 0.2) is 24.6 Å². The van der Waals surface area contributed by atoms with E-state index < -0.39 is 66.1 Å². The number of nitro benzene ring substituents is 1. The van der Waals surface area contributed by atoms with Crippen molar-refractivity contribution in [3.05, 3.63) is 39.9 Å². The summed E-state index contributed by atoms with van der Waals surface area (Å²) in [6.07, 6.45) is -8.26. The molecular weight excluding hydrogens is 435 g/mol. The first-order valence-electron chi connectivity index (χ1n) is 9.32. The number of carbonyl (C=O) groups is 4. The van der Waals surface area contributed by atoms with Crippen molar-refractivity contribution in [1.29, 1.82) is 0 Å². The van der Waals surface area contributed by atoms with Gasteiger partial charge in [0.05, 0.1) is 4.92 Å². The van der Waals surface area contributed by atoms with E-state index in [9.17, 15) is 29.3 Å². The molecule has 1 N–H and O–H groups in total. The van der Waals surface area contributed by atoms with E-state index in [1.54, 1.807) is 0 Å². The Bertz CT molecular complexity index is 891. The Balaban J connectivity index is 2.27. The number of hydrogen-bond donors (Lipinski definition) is 1. The van der Waals surface area contributed by atoms with Crippen molar-refractivity contribution in [2.75, 3.05) is 6.61 Å². The summed E-state index contributed by atoms with van der Waals surface area (Å²) in [6, 6.07) is 4.49. The van der Waals surface area contributed by atoms with Crippen LogP contribution in [0.2, 0.25) is 0 Å². The van der Waals surface area contributed by atoms with Crippen LogP contribution < -0.4 is 5.32 Å². The van der Waals surface area contributed by atoms with Gasteiger partial charge in [-0.2, -0.15) is 0 Å². The van der Waals surface area contributed by atoms with Gasteiger partial charge in [-0.1, -0.05) is 0 Å². The Labute approximate surface area is 181 Å². The third-order valence-electron chi connectivity index (χ3n) is 4.28. The van der Waals surface area contributed by atoms with E-state index in [4.69, 9.17) is 18.9 Å². The monoisotopic (exact) mass is 456 g/mol. The normalized spacial score (nSPS) is 24.7. The van der Waals surface area contributed by atoms with Gasteiger partial charge in [-0.05, 0) is 12.1 Å². The number of nitrogens with zero attached hydrogens (tertiary/aromatic N) is 1. The predicted molar refractivity (Wildman–Crippen MR) is 102 cm³/mol. The van der Waals surface area contributed by atoms with Crippen molar-refractivity contribution in [3.63, 3.8) is 0 Å². The van der Waals surface area contributed by atoms with Crippen LogP contribution in [0.5, 0.6) is 0 Å². The van der Waals surface area contributed by atoms with Gasteiger partial charge in [0.1, 0.15) is 12.7 Å². The molecule has 1 fully saturated rings. The van der Waals surface area contributed by atoms with Crippen molar-refractivity contribution >= 4 is 29.5 Å². The van der Waals surface area contributed by atoms with Crippen LogP contribution in [-0.2, 0) is 33.3 Å². The maximum Gasteiger partial charge on any atom is 0.303 e. The van der Waals surface area contributed by atoms with Gasteiger partial charge in [0.25, 0.3) is 11.6 Å². The van der Waals surface area contributed by atoms with Crippen LogP contribution in [0, 0.1) is 10.1 Å². The SMILES string of the molecule is CC(=O)OC[C@H]1O[C@@H](NC(=O)c2ccc([N+](=O)[O-])cc2)[C@@H](F)[C@@H](OC(C)=O)[C@@H]1OC(C)=O. The molecule has 1 aromatic rings. The Morgan fingerprint density at radius 1 is 1.03 bits per heavy atom. The molecule has 0 aromatic heterocycles. The third kappa shape index (κ3) is 6.44. The van der Waals surface area contributed by atoms with Crippen molar-refractivity contribution in [2.45, 2.75) is 51.5 Å². The molecule has 1 aromatic carbocycles. The van der Waals surface area contributed by atoms with Gasteiger partial charge in [0.2, 0.25) is 0 Å². The predicted octanol–water partition coefficient (Wildman–Crippen LogP) is 0.814. The van der Waals surface area contributed by atoms with E-state index in [1.165, 1.54) is 0 Å². The minimum Gasteiger partial charge on any atom is -0.463 e. The van der Waals surface area contributed by atoms with Crippen LogP contribution in [-0.4, -0.2) is 66.1 Å². The van der Waals surface area contributed by atoms with Gasteiger partial charge >= 0.3 is 17.9 Å². The fourth-order valence-corrected chi connectivity index (χ4v) is 2.96. The van der Waals surface area contributed by atoms with E-state index >= 15 is 4.39 Å². The quantitative estimate of drug-likeness (QED) is 0.269. The Morgan fingerprint density at radius 2 is 1.59 bits per heavy atom. The molecule has 12 nitrogen and oxygen atoms in total. The lowest BCUT2D eigenvalue weighted by molar-refractivity contribution is -0.384. The fourth-order valence-electron chi connectivity index (χ4n) is 2.96. The summed E-state index contributed by atoms with van der Waals surface area (Å²) in [5.41, 5.74) is -0.284. The number of nitrogens with one attached hydrogen (secondary N) is 1. The average Bonchev–Trinajstić information content (AvgIpc) is 2.71. The first kappa shape index (κ1) is 24.7. The number of nitro groups is 1. The van der Waals surface area contributed by atoms with Crippen molar-refractivity contribution < 1.29 is 47.4 Å². The summed E-state index contributed by atoms with van der Waals surface area (Å²) in [7, 11) is 0. The highest BCUT2D eigenvalue weighted by Gasteiger charge is 2.51. The molecule has 13 heteroatoms. The highest BCUT2D eigenvalue weighted by Crippen LogP contribution is 2.28. The highest BCUT2D eigenvalue weighted by molar-refractivity contribution is 5.94. The molecule has 2 rings (SSSR count). The zero-order valence-electron chi connectivity index (χ0n) is 17.3. The first-order valence-corrected chi connectivity index (χ1v) is 9.32. The number of esters is 3. The molecule has 174 valence electrons. The molecular formula is C19H21FN2O10. The summed E-state index contributed by atoms with van der Waals surface area (Å²) < 4.78 is 35.5. The van der Waals surface area contributed by atoms with Crippen LogP contribution in [0.25, 0.3) is 0 Å². The van der Waals surface area contributed by atoms with E-state index in [-0.39, 0.29) is 11.3 Å². The first-order chi connectivity index (χ1) is 15.0. The summed E-state index contributed by atoms with van der Waals surface area (Å²) >= 11 is 0. The second-order valence-electron chi connectivity index (χ2n) is 6.77. The number of non-ortho nitro benzene ring substituents is 1. The van der Waals surface area contributed by atoms with E-state index in [2.05, 4.69) is 5.32 Å². The van der Waals surface area contributed by atoms with Gasteiger partial charge < -0.3 is 24.3 Å². The fraction of sp³-hybridized carbons (Fsp3) is 0.474. The number of ether oxygens (including phenoxy) is 4. The Hall–Kier alpha value is -3.61. The van der Waals surface area contributed by atoms with E-state index in [1.807, 2.05) is 0 Å². The molecule has 0 spiro atoms. The molecule has 0 saturated carbocycles. The van der Waals surface area contributed by atoms with Crippen LogP contribution in [0.3, 0.4) is 0 Å². The Morgan fingerprint density at radius 3 is 2.09 bits per heavy atom. The number of halogens is 1. The zero-order valence-corrected chi connectivity index (χ0v) is 17.3. The molecule has 32 heavy (non-hydrogen) atoms. The number of benzene rings is 1. The molecule has 1 saturated heterocycles. The lowest BCUT2D eigenvalue weighted by atomic mass is 9.98. The van der Waals surface area contributed by atoms with Gasteiger partial charge in [0, 0.05) is 38.5 Å². The maximum atomic E-state index is 15.2.